The molecule has 0 atom stereocenters. The lowest BCUT2D eigenvalue weighted by Crippen LogP contribution is -2.27. The Labute approximate surface area is 189 Å². The fourth-order valence-electron chi connectivity index (χ4n) is 3.16. The summed E-state index contributed by atoms with van der Waals surface area (Å²) in [5.41, 5.74) is 3.26. The first-order valence-electron chi connectivity index (χ1n) is 9.26. The monoisotopic (exact) mass is 455 g/mol. The van der Waals surface area contributed by atoms with Crippen molar-refractivity contribution in [3.63, 3.8) is 0 Å². The Morgan fingerprint density at radius 2 is 2.00 bits per heavy atom. The number of rotatable bonds is 5. The van der Waals surface area contributed by atoms with Crippen molar-refractivity contribution >= 4 is 51.9 Å². The summed E-state index contributed by atoms with van der Waals surface area (Å²) in [5, 5.41) is 5.27. The first-order valence-corrected chi connectivity index (χ1v) is 10.9. The molecule has 1 amide bonds. The number of benzene rings is 2. The molecule has 0 bridgehead atoms. The molecule has 0 spiro atoms. The van der Waals surface area contributed by atoms with Crippen molar-refractivity contribution < 1.29 is 9.53 Å². The average Bonchev–Trinajstić information content (AvgIpc) is 3.29. The van der Waals surface area contributed by atoms with Crippen molar-refractivity contribution in [3.8, 4) is 22.7 Å². The lowest BCUT2D eigenvalue weighted by molar-refractivity contribution is -0.121. The highest BCUT2D eigenvalue weighted by Crippen LogP contribution is 2.36. The molecule has 1 saturated heterocycles. The number of likely N-dealkylation sites (N-methyl/N-ethyl adjacent to an activating group) is 1. The highest BCUT2D eigenvalue weighted by atomic mass is 35.5. The minimum Gasteiger partial charge on any atom is -0.495 e. The van der Waals surface area contributed by atoms with Gasteiger partial charge in [-0.1, -0.05) is 53.8 Å². The molecule has 1 fully saturated rings. The fourth-order valence-corrected chi connectivity index (χ4v) is 4.79. The Morgan fingerprint density at radius 1 is 1.23 bits per heavy atom. The van der Waals surface area contributed by atoms with Crippen LogP contribution in [-0.4, -0.2) is 38.6 Å². The van der Waals surface area contributed by atoms with Gasteiger partial charge in [-0.15, -0.1) is 0 Å². The molecule has 8 heteroatoms. The molecule has 5 nitrogen and oxygen atoms in total. The number of hydrogen-bond donors (Lipinski definition) is 0. The molecule has 3 aromatic rings. The van der Waals surface area contributed by atoms with Crippen LogP contribution in [0.25, 0.3) is 23.0 Å². The summed E-state index contributed by atoms with van der Waals surface area (Å²) in [6.07, 6.45) is 3.75. The second-order valence-corrected chi connectivity index (χ2v) is 8.57. The Bertz CT molecular complexity index is 1160. The third-order valence-corrected chi connectivity index (χ3v) is 6.34. The van der Waals surface area contributed by atoms with Crippen molar-refractivity contribution in [3.05, 3.63) is 70.2 Å². The smallest absolute Gasteiger partial charge is 0.266 e. The first-order chi connectivity index (χ1) is 14.5. The number of halogens is 1. The van der Waals surface area contributed by atoms with E-state index in [0.717, 1.165) is 16.8 Å². The van der Waals surface area contributed by atoms with Crippen LogP contribution in [0.1, 0.15) is 12.5 Å². The molecule has 2 aromatic carbocycles. The van der Waals surface area contributed by atoms with Gasteiger partial charge in [-0.05, 0) is 43.3 Å². The van der Waals surface area contributed by atoms with Crippen LogP contribution in [0, 0.1) is 0 Å². The molecule has 0 radical (unpaired) electrons. The van der Waals surface area contributed by atoms with Crippen LogP contribution in [0.3, 0.4) is 0 Å². The molecule has 152 valence electrons. The SMILES string of the molecule is CCN1C(=O)C(=Cc2cn(-c3ccccc3)nc2-c2ccc(OC)c(Cl)c2)SC1=S. The van der Waals surface area contributed by atoms with Gasteiger partial charge in [0.1, 0.15) is 15.8 Å². The highest BCUT2D eigenvalue weighted by molar-refractivity contribution is 8.26. The van der Waals surface area contributed by atoms with E-state index in [2.05, 4.69) is 0 Å². The summed E-state index contributed by atoms with van der Waals surface area (Å²) in [6.45, 7) is 2.46. The molecule has 2 heterocycles. The summed E-state index contributed by atoms with van der Waals surface area (Å²) in [4.78, 5) is 14.9. The number of hydrogen-bond acceptors (Lipinski definition) is 5. The minimum atomic E-state index is -0.0846. The number of nitrogens with zero attached hydrogens (tertiary/aromatic N) is 3. The summed E-state index contributed by atoms with van der Waals surface area (Å²) in [7, 11) is 1.58. The number of thiocarbonyl (C=S) groups is 1. The van der Waals surface area contributed by atoms with Crippen LogP contribution in [0.15, 0.2) is 59.6 Å². The molecular formula is C22H18ClN3O2S2. The van der Waals surface area contributed by atoms with Gasteiger partial charge in [0.15, 0.2) is 0 Å². The van der Waals surface area contributed by atoms with Gasteiger partial charge in [-0.3, -0.25) is 9.69 Å². The molecule has 0 aliphatic carbocycles. The predicted octanol–water partition coefficient (Wildman–Crippen LogP) is 5.42. The van der Waals surface area contributed by atoms with Crippen molar-refractivity contribution in [2.75, 3.05) is 13.7 Å². The molecule has 0 saturated carbocycles. The third-order valence-electron chi connectivity index (χ3n) is 4.66. The molecule has 4 rings (SSSR count). The number of amides is 1. The van der Waals surface area contributed by atoms with E-state index < -0.39 is 0 Å². The lowest BCUT2D eigenvalue weighted by Gasteiger charge is -2.09. The Hall–Kier alpha value is -2.61. The quantitative estimate of drug-likeness (QED) is 0.379. The Morgan fingerprint density at radius 3 is 2.63 bits per heavy atom. The second-order valence-electron chi connectivity index (χ2n) is 6.49. The lowest BCUT2D eigenvalue weighted by atomic mass is 10.1. The number of methoxy groups -OCH3 is 1. The van der Waals surface area contributed by atoms with E-state index in [0.29, 0.717) is 32.2 Å². The van der Waals surface area contributed by atoms with Gasteiger partial charge < -0.3 is 4.74 Å². The average molecular weight is 456 g/mol. The zero-order valence-electron chi connectivity index (χ0n) is 16.3. The van der Waals surface area contributed by atoms with E-state index in [1.165, 1.54) is 11.8 Å². The van der Waals surface area contributed by atoms with Crippen molar-refractivity contribution in [2.24, 2.45) is 0 Å². The van der Waals surface area contributed by atoms with Gasteiger partial charge >= 0.3 is 0 Å². The Kier molecular flexibility index (Phi) is 5.94. The molecule has 1 aliphatic rings. The number of aromatic nitrogens is 2. The van der Waals surface area contributed by atoms with Crippen LogP contribution in [-0.2, 0) is 4.79 Å². The Balaban J connectivity index is 1.84. The maximum atomic E-state index is 12.7. The molecule has 1 aliphatic heterocycles. The van der Waals surface area contributed by atoms with E-state index in [9.17, 15) is 4.79 Å². The third kappa shape index (κ3) is 3.88. The molecule has 0 unspecified atom stereocenters. The summed E-state index contributed by atoms with van der Waals surface area (Å²) >= 11 is 13.0. The number of thioether (sulfide) groups is 1. The fraction of sp³-hybridized carbons (Fsp3) is 0.136. The zero-order valence-corrected chi connectivity index (χ0v) is 18.7. The van der Waals surface area contributed by atoms with Crippen molar-refractivity contribution in [1.82, 2.24) is 14.7 Å². The maximum absolute atomic E-state index is 12.7. The van der Waals surface area contributed by atoms with Crippen LogP contribution < -0.4 is 4.74 Å². The van der Waals surface area contributed by atoms with Gasteiger partial charge in [0.2, 0.25) is 0 Å². The molecular weight excluding hydrogens is 438 g/mol. The van der Waals surface area contributed by atoms with Gasteiger partial charge in [0, 0.05) is 23.9 Å². The van der Waals surface area contributed by atoms with Crippen LogP contribution in [0.4, 0.5) is 0 Å². The number of carbonyl (C=O) groups is 1. The molecule has 0 N–H and O–H groups in total. The summed E-state index contributed by atoms with van der Waals surface area (Å²) in [5.74, 6) is 0.506. The van der Waals surface area contributed by atoms with E-state index >= 15 is 0 Å². The largest absolute Gasteiger partial charge is 0.495 e. The van der Waals surface area contributed by atoms with E-state index in [-0.39, 0.29) is 5.91 Å². The van der Waals surface area contributed by atoms with Crippen LogP contribution in [0.2, 0.25) is 5.02 Å². The van der Waals surface area contributed by atoms with Crippen LogP contribution >= 0.6 is 35.6 Å². The zero-order chi connectivity index (χ0) is 21.3. The van der Waals surface area contributed by atoms with Gasteiger partial charge in [-0.2, -0.15) is 5.10 Å². The summed E-state index contributed by atoms with van der Waals surface area (Å²) < 4.78 is 7.62. The van der Waals surface area contributed by atoms with Gasteiger partial charge in [-0.25, -0.2) is 4.68 Å². The van der Waals surface area contributed by atoms with Crippen LogP contribution in [0.5, 0.6) is 5.75 Å². The first kappa shape index (κ1) is 20.7. The van der Waals surface area contributed by atoms with E-state index in [1.54, 1.807) is 22.8 Å². The van der Waals surface area contributed by atoms with Crippen molar-refractivity contribution in [1.29, 1.82) is 0 Å². The maximum Gasteiger partial charge on any atom is 0.266 e. The molecule has 30 heavy (non-hydrogen) atoms. The van der Waals surface area contributed by atoms with E-state index in [4.69, 9.17) is 33.7 Å². The van der Waals surface area contributed by atoms with Gasteiger partial charge in [0.25, 0.3) is 5.91 Å². The predicted molar refractivity (Wildman–Crippen MR) is 126 cm³/mol. The number of carbonyl (C=O) groups excluding carboxylic acids is 1. The normalized spacial score (nSPS) is 15.3. The number of ether oxygens (including phenoxy) is 1. The standard InChI is InChI=1S/C22H18ClN3O2S2/c1-3-25-21(27)19(30-22(25)29)12-15-13-26(16-7-5-4-6-8-16)24-20(15)14-9-10-18(28-2)17(23)11-14/h4-13H,3H2,1-2H3. The highest BCUT2D eigenvalue weighted by Gasteiger charge is 2.31. The number of para-hydroxylation sites is 1. The minimum absolute atomic E-state index is 0.0846. The topological polar surface area (TPSA) is 47.4 Å². The summed E-state index contributed by atoms with van der Waals surface area (Å²) in [6, 6.07) is 15.3. The van der Waals surface area contributed by atoms with E-state index in [1.807, 2.05) is 61.7 Å². The molecule has 1 aromatic heterocycles. The second kappa shape index (κ2) is 8.63. The van der Waals surface area contributed by atoms with Gasteiger partial charge in [0.05, 0.1) is 22.7 Å². The van der Waals surface area contributed by atoms with Crippen molar-refractivity contribution in [2.45, 2.75) is 6.92 Å².